The topological polar surface area (TPSA) is 79.8 Å². The molecule has 0 saturated carbocycles. The Bertz CT molecular complexity index is 1250. The number of anilines is 2. The Kier molecular flexibility index (Phi) is 5.90. The molecule has 7 nitrogen and oxygen atoms in total. The van der Waals surface area contributed by atoms with Crippen LogP contribution in [0.25, 0.3) is 10.2 Å². The van der Waals surface area contributed by atoms with Crippen molar-refractivity contribution in [2.24, 2.45) is 0 Å². The number of aromatic nitrogens is 1. The fraction of sp³-hybridized carbons (Fsp3) is 0.333. The number of rotatable bonds is 5. The summed E-state index contributed by atoms with van der Waals surface area (Å²) in [5, 5.41) is 1.19. The van der Waals surface area contributed by atoms with Crippen LogP contribution in [0.1, 0.15) is 41.6 Å². The molecule has 2 fully saturated rings. The first-order valence-electron chi connectivity index (χ1n) is 10.9. The van der Waals surface area contributed by atoms with Crippen LogP contribution in [0.2, 0.25) is 5.02 Å². The number of ether oxygens (including phenoxy) is 1. The number of thiazole rings is 1. The van der Waals surface area contributed by atoms with Gasteiger partial charge in [-0.3, -0.25) is 24.2 Å². The Morgan fingerprint density at radius 3 is 2.76 bits per heavy atom. The molecular formula is C24H22ClN3O4S. The molecule has 33 heavy (non-hydrogen) atoms. The zero-order valence-electron chi connectivity index (χ0n) is 18.0. The Balaban J connectivity index is 1.53. The molecule has 1 unspecified atom stereocenters. The van der Waals surface area contributed by atoms with Gasteiger partial charge >= 0.3 is 0 Å². The van der Waals surface area contributed by atoms with E-state index < -0.39 is 0 Å². The van der Waals surface area contributed by atoms with Crippen molar-refractivity contribution in [2.45, 2.75) is 38.7 Å². The van der Waals surface area contributed by atoms with Gasteiger partial charge in [0.25, 0.3) is 5.91 Å². The lowest BCUT2D eigenvalue weighted by Crippen LogP contribution is -2.37. The van der Waals surface area contributed by atoms with E-state index in [9.17, 15) is 14.4 Å². The summed E-state index contributed by atoms with van der Waals surface area (Å²) in [5.74, 6) is -0.757. The van der Waals surface area contributed by atoms with Gasteiger partial charge in [-0.25, -0.2) is 4.98 Å². The Morgan fingerprint density at radius 2 is 2.03 bits per heavy atom. The summed E-state index contributed by atoms with van der Waals surface area (Å²) in [6.07, 6.45) is 2.13. The lowest BCUT2D eigenvalue weighted by atomic mass is 10.1. The predicted octanol–water partition coefficient (Wildman–Crippen LogP) is 4.74. The van der Waals surface area contributed by atoms with Gasteiger partial charge in [-0.05, 0) is 55.7 Å². The number of carbonyl (C=O) groups is 3. The summed E-state index contributed by atoms with van der Waals surface area (Å²) in [6.45, 7) is 2.96. The van der Waals surface area contributed by atoms with Gasteiger partial charge in [0.15, 0.2) is 5.13 Å². The zero-order chi connectivity index (χ0) is 23.1. The molecule has 9 heteroatoms. The molecule has 2 aromatic carbocycles. The van der Waals surface area contributed by atoms with Gasteiger partial charge < -0.3 is 4.74 Å². The number of halogens is 1. The van der Waals surface area contributed by atoms with Gasteiger partial charge in [-0.1, -0.05) is 29.0 Å². The van der Waals surface area contributed by atoms with E-state index in [4.69, 9.17) is 21.3 Å². The molecule has 0 bridgehead atoms. The predicted molar refractivity (Wildman–Crippen MR) is 128 cm³/mol. The summed E-state index contributed by atoms with van der Waals surface area (Å²) >= 11 is 7.71. The van der Waals surface area contributed by atoms with E-state index >= 15 is 0 Å². The molecule has 2 aliphatic heterocycles. The van der Waals surface area contributed by atoms with Crippen molar-refractivity contribution in [1.82, 2.24) is 4.98 Å². The fourth-order valence-electron chi connectivity index (χ4n) is 4.24. The first-order chi connectivity index (χ1) is 15.9. The standard InChI is InChI=1S/C24H22ClN3O4S/c1-14-18(25)7-8-19-22(14)26-24(33-19)27(13-17-6-3-11-32-17)23(31)15-4-2-5-16(12-15)28-20(29)9-10-21(28)30/h2,4-5,7-8,12,17H,3,6,9-11,13H2,1H3. The molecule has 0 spiro atoms. The van der Waals surface area contributed by atoms with E-state index in [1.807, 2.05) is 19.1 Å². The Morgan fingerprint density at radius 1 is 1.24 bits per heavy atom. The molecule has 170 valence electrons. The highest BCUT2D eigenvalue weighted by atomic mass is 35.5. The maximum Gasteiger partial charge on any atom is 0.260 e. The highest BCUT2D eigenvalue weighted by Crippen LogP contribution is 2.35. The summed E-state index contributed by atoms with van der Waals surface area (Å²) < 4.78 is 6.75. The smallest absolute Gasteiger partial charge is 0.260 e. The number of carbonyl (C=O) groups excluding carboxylic acids is 3. The van der Waals surface area contributed by atoms with Crippen molar-refractivity contribution >= 4 is 61.7 Å². The number of hydrogen-bond acceptors (Lipinski definition) is 6. The lowest BCUT2D eigenvalue weighted by molar-refractivity contribution is -0.121. The van der Waals surface area contributed by atoms with Gasteiger partial charge in [-0.2, -0.15) is 0 Å². The number of fused-ring (bicyclic) bond motifs is 1. The van der Waals surface area contributed by atoms with Crippen LogP contribution in [0.4, 0.5) is 10.8 Å². The van der Waals surface area contributed by atoms with Crippen LogP contribution in [0.3, 0.4) is 0 Å². The van der Waals surface area contributed by atoms with Crippen LogP contribution in [-0.4, -0.2) is 42.0 Å². The van der Waals surface area contributed by atoms with Gasteiger partial charge in [0.05, 0.1) is 28.6 Å². The van der Waals surface area contributed by atoms with Crippen LogP contribution in [-0.2, 0) is 14.3 Å². The Labute approximate surface area is 199 Å². The second kappa shape index (κ2) is 8.85. The van der Waals surface area contributed by atoms with Crippen molar-refractivity contribution < 1.29 is 19.1 Å². The van der Waals surface area contributed by atoms with Crippen molar-refractivity contribution in [3.63, 3.8) is 0 Å². The minimum Gasteiger partial charge on any atom is -0.376 e. The van der Waals surface area contributed by atoms with Crippen LogP contribution < -0.4 is 9.80 Å². The summed E-state index contributed by atoms with van der Waals surface area (Å²) in [7, 11) is 0. The maximum atomic E-state index is 13.7. The van der Waals surface area contributed by atoms with E-state index in [1.54, 1.807) is 29.2 Å². The van der Waals surface area contributed by atoms with E-state index in [2.05, 4.69) is 0 Å². The van der Waals surface area contributed by atoms with Crippen molar-refractivity contribution in [2.75, 3.05) is 23.0 Å². The van der Waals surface area contributed by atoms with Gasteiger partial charge in [0, 0.05) is 30.0 Å². The quantitative estimate of drug-likeness (QED) is 0.490. The molecule has 2 aliphatic rings. The van der Waals surface area contributed by atoms with E-state index in [1.165, 1.54) is 11.3 Å². The minimum atomic E-state index is -0.255. The Hall–Kier alpha value is -2.81. The third-order valence-corrected chi connectivity index (χ3v) is 7.48. The molecule has 3 amide bonds. The zero-order valence-corrected chi connectivity index (χ0v) is 19.6. The van der Waals surface area contributed by atoms with E-state index in [0.29, 0.717) is 34.6 Å². The second-order valence-corrected chi connectivity index (χ2v) is 9.66. The monoisotopic (exact) mass is 483 g/mol. The third kappa shape index (κ3) is 4.14. The number of amides is 3. The maximum absolute atomic E-state index is 13.7. The average molecular weight is 484 g/mol. The highest BCUT2D eigenvalue weighted by molar-refractivity contribution is 7.22. The fourth-order valence-corrected chi connectivity index (χ4v) is 5.43. The summed E-state index contributed by atoms with van der Waals surface area (Å²) in [6, 6.07) is 10.4. The molecule has 0 radical (unpaired) electrons. The van der Waals surface area contributed by atoms with Crippen LogP contribution in [0.5, 0.6) is 0 Å². The first kappa shape index (κ1) is 22.0. The molecule has 1 aromatic heterocycles. The number of aryl methyl sites for hydroxylation is 1. The number of nitrogens with zero attached hydrogens (tertiary/aromatic N) is 3. The highest BCUT2D eigenvalue weighted by Gasteiger charge is 2.32. The molecule has 5 rings (SSSR count). The molecule has 0 N–H and O–H groups in total. The SMILES string of the molecule is Cc1c(Cl)ccc2sc(N(CC3CCCO3)C(=O)c3cccc(N4C(=O)CCC4=O)c3)nc12. The van der Waals surface area contributed by atoms with Crippen LogP contribution in [0.15, 0.2) is 36.4 Å². The first-order valence-corrected chi connectivity index (χ1v) is 12.1. The van der Waals surface area contributed by atoms with Gasteiger partial charge in [0.1, 0.15) is 0 Å². The minimum absolute atomic E-state index is 0.0735. The summed E-state index contributed by atoms with van der Waals surface area (Å²) in [5.41, 5.74) is 2.44. The average Bonchev–Trinajstić information content (AvgIpc) is 3.55. The largest absolute Gasteiger partial charge is 0.376 e. The lowest BCUT2D eigenvalue weighted by Gasteiger charge is -2.23. The summed E-state index contributed by atoms with van der Waals surface area (Å²) in [4.78, 5) is 45.6. The van der Waals surface area contributed by atoms with Gasteiger partial charge in [0.2, 0.25) is 11.8 Å². The molecule has 2 saturated heterocycles. The van der Waals surface area contributed by atoms with Crippen molar-refractivity contribution in [3.8, 4) is 0 Å². The molecule has 3 heterocycles. The van der Waals surface area contributed by atoms with Crippen molar-refractivity contribution in [1.29, 1.82) is 0 Å². The molecular weight excluding hydrogens is 462 g/mol. The normalized spacial score (nSPS) is 18.5. The second-order valence-electron chi connectivity index (χ2n) is 8.24. The third-order valence-electron chi connectivity index (χ3n) is 6.03. The number of benzene rings is 2. The van der Waals surface area contributed by atoms with Gasteiger partial charge in [-0.15, -0.1) is 0 Å². The number of hydrogen-bond donors (Lipinski definition) is 0. The van der Waals surface area contributed by atoms with E-state index in [0.717, 1.165) is 33.5 Å². The molecule has 0 aliphatic carbocycles. The number of imide groups is 1. The van der Waals surface area contributed by atoms with Crippen molar-refractivity contribution in [3.05, 3.63) is 52.5 Å². The van der Waals surface area contributed by atoms with Crippen LogP contribution >= 0.6 is 22.9 Å². The van der Waals surface area contributed by atoms with E-state index in [-0.39, 0.29) is 36.7 Å². The molecule has 3 aromatic rings. The van der Waals surface area contributed by atoms with Crippen LogP contribution in [0, 0.1) is 6.92 Å². The molecule has 1 atom stereocenters.